The summed E-state index contributed by atoms with van der Waals surface area (Å²) in [5.41, 5.74) is 5.85. The summed E-state index contributed by atoms with van der Waals surface area (Å²) in [6.45, 7) is 0.515. The molecule has 0 heterocycles. The molecule has 0 spiro atoms. The van der Waals surface area contributed by atoms with E-state index in [0.29, 0.717) is 23.8 Å². The topological polar surface area (TPSA) is 72.5 Å². The molecule has 1 atom stereocenters. The predicted molar refractivity (Wildman–Crippen MR) is 68.9 cm³/mol. The van der Waals surface area contributed by atoms with Gasteiger partial charge in [0.2, 0.25) is 0 Å². The van der Waals surface area contributed by atoms with Crippen molar-refractivity contribution in [3.63, 3.8) is 0 Å². The van der Waals surface area contributed by atoms with Gasteiger partial charge in [0.25, 0.3) is 0 Å². The fourth-order valence-corrected chi connectivity index (χ4v) is 2.02. The highest BCUT2D eigenvalue weighted by molar-refractivity contribution is 6.32. The van der Waals surface area contributed by atoms with Gasteiger partial charge in [-0.25, -0.2) is 4.39 Å². The number of benzene rings is 1. The van der Waals surface area contributed by atoms with Gasteiger partial charge in [-0.1, -0.05) is 11.6 Å². The summed E-state index contributed by atoms with van der Waals surface area (Å²) in [6, 6.07) is 1.26. The Bertz CT molecular complexity index is 491. The number of carbonyl (C=O) groups is 1. The summed E-state index contributed by atoms with van der Waals surface area (Å²) < 4.78 is 18.9. The van der Waals surface area contributed by atoms with Crippen molar-refractivity contribution in [3.8, 4) is 5.75 Å². The molecule has 6 heteroatoms. The zero-order chi connectivity index (χ0) is 14.0. The van der Waals surface area contributed by atoms with E-state index in [0.717, 1.165) is 18.9 Å². The van der Waals surface area contributed by atoms with Crippen LogP contribution in [0.4, 0.5) is 4.39 Å². The molecule has 1 aliphatic rings. The number of nitrogens with two attached hydrogens (primary N) is 1. The van der Waals surface area contributed by atoms with Gasteiger partial charge in [-0.15, -0.1) is 0 Å². The zero-order valence-corrected chi connectivity index (χ0v) is 11.0. The maximum atomic E-state index is 13.3. The zero-order valence-electron chi connectivity index (χ0n) is 10.2. The summed E-state index contributed by atoms with van der Waals surface area (Å²) in [5.74, 6) is -0.821. The first kappa shape index (κ1) is 14.1. The quantitative estimate of drug-likeness (QED) is 0.841. The number of halogens is 2. The summed E-state index contributed by atoms with van der Waals surface area (Å²) in [6.07, 6.45) is 2.21. The minimum atomic E-state index is -1.14. The van der Waals surface area contributed by atoms with Crippen LogP contribution in [0.2, 0.25) is 5.02 Å². The summed E-state index contributed by atoms with van der Waals surface area (Å²) >= 11 is 5.95. The number of rotatable bonds is 6. The van der Waals surface area contributed by atoms with Crippen LogP contribution in [-0.4, -0.2) is 23.7 Å². The molecule has 104 valence electrons. The Hall–Kier alpha value is -1.33. The second kappa shape index (κ2) is 5.75. The molecular formula is C13H15ClFNO3. The summed E-state index contributed by atoms with van der Waals surface area (Å²) in [7, 11) is 0. The van der Waals surface area contributed by atoms with Gasteiger partial charge in [-0.2, -0.15) is 0 Å². The van der Waals surface area contributed by atoms with Crippen molar-refractivity contribution in [2.45, 2.75) is 25.3 Å². The highest BCUT2D eigenvalue weighted by atomic mass is 35.5. The van der Waals surface area contributed by atoms with E-state index in [2.05, 4.69) is 0 Å². The van der Waals surface area contributed by atoms with Gasteiger partial charge in [0.05, 0.1) is 11.6 Å². The number of hydrogen-bond acceptors (Lipinski definition) is 3. The van der Waals surface area contributed by atoms with E-state index in [9.17, 15) is 9.18 Å². The molecule has 19 heavy (non-hydrogen) atoms. The van der Waals surface area contributed by atoms with Gasteiger partial charge in [0.1, 0.15) is 17.6 Å². The highest BCUT2D eigenvalue weighted by Gasteiger charge is 2.24. The molecule has 0 amide bonds. The summed E-state index contributed by atoms with van der Waals surface area (Å²) in [5, 5.41) is 8.95. The molecule has 0 aromatic heterocycles. The molecule has 0 saturated heterocycles. The van der Waals surface area contributed by atoms with Crippen LogP contribution in [-0.2, 0) is 11.2 Å². The van der Waals surface area contributed by atoms with E-state index in [1.807, 2.05) is 0 Å². The molecule has 4 nitrogen and oxygen atoms in total. The van der Waals surface area contributed by atoms with Gasteiger partial charge in [0.15, 0.2) is 0 Å². The lowest BCUT2D eigenvalue weighted by atomic mass is 10.1. The average molecular weight is 288 g/mol. The molecule has 1 fully saturated rings. The van der Waals surface area contributed by atoms with E-state index in [1.165, 1.54) is 6.07 Å². The Kier molecular flexibility index (Phi) is 4.27. The normalized spacial score (nSPS) is 16.2. The minimum Gasteiger partial charge on any atom is -0.491 e. The third-order valence-electron chi connectivity index (χ3n) is 3.00. The predicted octanol–water partition coefficient (Wildman–Crippen LogP) is 2.22. The first-order valence-electron chi connectivity index (χ1n) is 6.06. The Morgan fingerprint density at radius 2 is 2.26 bits per heavy atom. The van der Waals surface area contributed by atoms with Crippen LogP contribution in [0.3, 0.4) is 0 Å². The van der Waals surface area contributed by atoms with Crippen LogP contribution in [0, 0.1) is 11.7 Å². The molecule has 3 N–H and O–H groups in total. The molecule has 0 bridgehead atoms. The number of aliphatic carboxylic acids is 1. The van der Waals surface area contributed by atoms with Crippen LogP contribution >= 0.6 is 11.6 Å². The van der Waals surface area contributed by atoms with Gasteiger partial charge >= 0.3 is 5.97 Å². The Morgan fingerprint density at radius 3 is 2.84 bits per heavy atom. The van der Waals surface area contributed by atoms with Gasteiger partial charge in [0, 0.05) is 12.0 Å². The van der Waals surface area contributed by atoms with E-state index < -0.39 is 17.8 Å². The molecule has 1 unspecified atom stereocenters. The second-order valence-electron chi connectivity index (χ2n) is 4.78. The SMILES string of the molecule is NC(Cc1cc(F)cc(Cl)c1OCC1CC1)C(=O)O. The standard InChI is InChI=1S/C13H15ClFNO3/c14-10-5-9(15)3-8(4-11(16)13(17)18)12(10)19-6-7-1-2-7/h3,5,7,11H,1-2,4,6,16H2,(H,17,18). The monoisotopic (exact) mass is 287 g/mol. The first-order chi connectivity index (χ1) is 8.97. The average Bonchev–Trinajstić information content (AvgIpc) is 3.11. The number of carboxylic acids is 1. The number of hydrogen-bond donors (Lipinski definition) is 2. The van der Waals surface area contributed by atoms with Crippen molar-refractivity contribution in [1.29, 1.82) is 0 Å². The molecule has 1 aromatic carbocycles. The Balaban J connectivity index is 2.19. The molecule has 0 radical (unpaired) electrons. The van der Waals surface area contributed by atoms with Crippen molar-refractivity contribution >= 4 is 17.6 Å². The van der Waals surface area contributed by atoms with E-state index in [4.69, 9.17) is 27.2 Å². The fourth-order valence-electron chi connectivity index (χ4n) is 1.74. The number of ether oxygens (including phenoxy) is 1. The third kappa shape index (κ3) is 3.81. The van der Waals surface area contributed by atoms with Crippen LogP contribution in [0.5, 0.6) is 5.75 Å². The molecule has 1 aromatic rings. The Morgan fingerprint density at radius 1 is 1.58 bits per heavy atom. The minimum absolute atomic E-state index is 0.0210. The second-order valence-corrected chi connectivity index (χ2v) is 5.19. The van der Waals surface area contributed by atoms with E-state index in [1.54, 1.807) is 0 Å². The molecule has 1 aliphatic carbocycles. The largest absolute Gasteiger partial charge is 0.491 e. The van der Waals surface area contributed by atoms with Crippen molar-refractivity contribution in [1.82, 2.24) is 0 Å². The smallest absolute Gasteiger partial charge is 0.320 e. The Labute approximate surface area is 115 Å². The van der Waals surface area contributed by atoms with Crippen molar-refractivity contribution in [2.75, 3.05) is 6.61 Å². The van der Waals surface area contributed by atoms with Crippen LogP contribution in [0.25, 0.3) is 0 Å². The van der Waals surface area contributed by atoms with Crippen LogP contribution < -0.4 is 10.5 Å². The summed E-state index contributed by atoms with van der Waals surface area (Å²) in [4.78, 5) is 10.8. The lowest BCUT2D eigenvalue weighted by molar-refractivity contribution is -0.138. The van der Waals surface area contributed by atoms with Gasteiger partial charge in [-0.3, -0.25) is 4.79 Å². The maximum Gasteiger partial charge on any atom is 0.320 e. The molecule has 1 saturated carbocycles. The van der Waals surface area contributed by atoms with Gasteiger partial charge < -0.3 is 15.6 Å². The molecule has 2 rings (SSSR count). The van der Waals surface area contributed by atoms with Crippen molar-refractivity contribution < 1.29 is 19.0 Å². The first-order valence-corrected chi connectivity index (χ1v) is 6.44. The molecule has 0 aliphatic heterocycles. The fraction of sp³-hybridized carbons (Fsp3) is 0.462. The van der Waals surface area contributed by atoms with Crippen LogP contribution in [0.1, 0.15) is 18.4 Å². The molecular weight excluding hydrogens is 273 g/mol. The lowest BCUT2D eigenvalue weighted by Gasteiger charge is -2.15. The van der Waals surface area contributed by atoms with Crippen molar-refractivity contribution in [2.24, 2.45) is 11.7 Å². The lowest BCUT2D eigenvalue weighted by Crippen LogP contribution is -2.32. The van der Waals surface area contributed by atoms with E-state index >= 15 is 0 Å². The van der Waals surface area contributed by atoms with Crippen molar-refractivity contribution in [3.05, 3.63) is 28.5 Å². The van der Waals surface area contributed by atoms with E-state index in [-0.39, 0.29) is 11.4 Å². The van der Waals surface area contributed by atoms with Crippen LogP contribution in [0.15, 0.2) is 12.1 Å². The highest BCUT2D eigenvalue weighted by Crippen LogP contribution is 2.34. The third-order valence-corrected chi connectivity index (χ3v) is 3.28. The number of carboxylic acid groups (broad SMARTS) is 1. The maximum absolute atomic E-state index is 13.3. The van der Waals surface area contributed by atoms with Gasteiger partial charge in [-0.05, 0) is 30.9 Å².